The van der Waals surface area contributed by atoms with Gasteiger partial charge >= 0.3 is 5.97 Å². The average Bonchev–Trinajstić information content (AvgIpc) is 2.71. The highest BCUT2D eigenvalue weighted by atomic mass is 16.4. The summed E-state index contributed by atoms with van der Waals surface area (Å²) in [5.74, 6) is -1.30. The summed E-state index contributed by atoms with van der Waals surface area (Å²) < 4.78 is 0. The predicted molar refractivity (Wildman–Crippen MR) is 69.0 cm³/mol. The number of nitrogens with one attached hydrogen (secondary N) is 1. The zero-order chi connectivity index (χ0) is 13.8. The minimum absolute atomic E-state index is 0.0799. The first-order valence-corrected chi connectivity index (χ1v) is 6.69. The maximum absolute atomic E-state index is 11.9. The summed E-state index contributed by atoms with van der Waals surface area (Å²) in [6.07, 6.45) is 4.75. The lowest BCUT2D eigenvalue weighted by Gasteiger charge is -2.25. The highest BCUT2D eigenvalue weighted by Gasteiger charge is 2.33. The molecule has 0 saturated heterocycles. The van der Waals surface area contributed by atoms with Gasteiger partial charge in [0.05, 0.1) is 0 Å². The largest absolute Gasteiger partial charge is 0.480 e. The number of carbonyl (C=O) groups is 2. The van der Waals surface area contributed by atoms with Crippen LogP contribution in [0.1, 0.15) is 52.4 Å². The number of aliphatic carboxylic acids is 1. The summed E-state index contributed by atoms with van der Waals surface area (Å²) in [5, 5.41) is 11.7. The topological polar surface area (TPSA) is 92.4 Å². The normalized spacial score (nSPS) is 21.3. The van der Waals surface area contributed by atoms with Gasteiger partial charge in [0.1, 0.15) is 6.04 Å². The van der Waals surface area contributed by atoms with Crippen LogP contribution < -0.4 is 11.1 Å². The van der Waals surface area contributed by atoms with Gasteiger partial charge in [0.25, 0.3) is 0 Å². The molecule has 104 valence electrons. The third-order valence-electron chi connectivity index (χ3n) is 3.91. The van der Waals surface area contributed by atoms with Crippen molar-refractivity contribution in [2.45, 2.75) is 64.0 Å². The fourth-order valence-corrected chi connectivity index (χ4v) is 2.48. The second-order valence-corrected chi connectivity index (χ2v) is 5.52. The maximum Gasteiger partial charge on any atom is 0.326 e. The van der Waals surface area contributed by atoms with Gasteiger partial charge in [-0.15, -0.1) is 0 Å². The van der Waals surface area contributed by atoms with Crippen molar-refractivity contribution < 1.29 is 14.7 Å². The van der Waals surface area contributed by atoms with Crippen molar-refractivity contribution in [3.05, 3.63) is 0 Å². The molecular formula is C13H24N2O3. The van der Waals surface area contributed by atoms with E-state index < -0.39 is 17.6 Å². The van der Waals surface area contributed by atoms with Crippen LogP contribution in [-0.2, 0) is 9.59 Å². The van der Waals surface area contributed by atoms with Crippen molar-refractivity contribution in [2.75, 3.05) is 0 Å². The first-order chi connectivity index (χ1) is 8.38. The molecule has 0 bridgehead atoms. The molecule has 0 aromatic carbocycles. The number of amides is 1. The summed E-state index contributed by atoms with van der Waals surface area (Å²) in [7, 11) is 0. The molecule has 0 aliphatic heterocycles. The number of carboxylic acid groups (broad SMARTS) is 1. The SMILES string of the molecule is CCC(C)[C@H](NC(=O)CC1(N)CCCC1)C(=O)O. The highest BCUT2D eigenvalue weighted by molar-refractivity contribution is 5.84. The van der Waals surface area contributed by atoms with E-state index in [2.05, 4.69) is 5.32 Å². The molecule has 2 atom stereocenters. The van der Waals surface area contributed by atoms with Crippen LogP contribution in [0.5, 0.6) is 0 Å². The van der Waals surface area contributed by atoms with E-state index in [1.54, 1.807) is 0 Å². The summed E-state index contributed by atoms with van der Waals surface area (Å²) >= 11 is 0. The second-order valence-electron chi connectivity index (χ2n) is 5.52. The van der Waals surface area contributed by atoms with Crippen LogP contribution in [0.15, 0.2) is 0 Å². The summed E-state index contributed by atoms with van der Waals surface area (Å²) in [6.45, 7) is 3.74. The van der Waals surface area contributed by atoms with Crippen LogP contribution in [0.25, 0.3) is 0 Å². The molecule has 18 heavy (non-hydrogen) atoms. The second kappa shape index (κ2) is 6.18. The third kappa shape index (κ3) is 3.98. The fourth-order valence-electron chi connectivity index (χ4n) is 2.48. The molecule has 1 aliphatic rings. The molecule has 0 aromatic rings. The highest BCUT2D eigenvalue weighted by Crippen LogP contribution is 2.29. The maximum atomic E-state index is 11.9. The molecule has 5 heteroatoms. The molecule has 1 rings (SSSR count). The average molecular weight is 256 g/mol. The van der Waals surface area contributed by atoms with Crippen LogP contribution >= 0.6 is 0 Å². The first-order valence-electron chi connectivity index (χ1n) is 6.69. The van der Waals surface area contributed by atoms with Gasteiger partial charge in [-0.2, -0.15) is 0 Å². The molecule has 0 radical (unpaired) electrons. The Morgan fingerprint density at radius 2 is 1.94 bits per heavy atom. The number of carbonyl (C=O) groups excluding carboxylic acids is 1. The lowest BCUT2D eigenvalue weighted by atomic mass is 9.93. The Morgan fingerprint density at radius 3 is 2.39 bits per heavy atom. The number of carboxylic acids is 1. The van der Waals surface area contributed by atoms with Gasteiger partial charge in [0.2, 0.25) is 5.91 Å². The molecule has 0 aromatic heterocycles. The minimum atomic E-state index is -0.977. The van der Waals surface area contributed by atoms with Crippen LogP contribution in [0.3, 0.4) is 0 Å². The summed E-state index contributed by atoms with van der Waals surface area (Å²) in [5.41, 5.74) is 5.68. The van der Waals surface area contributed by atoms with E-state index in [0.29, 0.717) is 6.42 Å². The van der Waals surface area contributed by atoms with Crippen molar-refractivity contribution in [3.63, 3.8) is 0 Å². The molecule has 1 saturated carbocycles. The Labute approximate surface area is 108 Å². The fraction of sp³-hybridized carbons (Fsp3) is 0.846. The van der Waals surface area contributed by atoms with E-state index in [9.17, 15) is 9.59 Å². The van der Waals surface area contributed by atoms with Crippen LogP contribution in [0.2, 0.25) is 0 Å². The smallest absolute Gasteiger partial charge is 0.326 e. The van der Waals surface area contributed by atoms with E-state index in [1.807, 2.05) is 13.8 Å². The zero-order valence-electron chi connectivity index (χ0n) is 11.2. The van der Waals surface area contributed by atoms with Crippen molar-refractivity contribution in [1.82, 2.24) is 5.32 Å². The van der Waals surface area contributed by atoms with E-state index in [1.165, 1.54) is 0 Å². The molecular weight excluding hydrogens is 232 g/mol. The lowest BCUT2D eigenvalue weighted by molar-refractivity contribution is -0.143. The number of hydrogen-bond donors (Lipinski definition) is 3. The van der Waals surface area contributed by atoms with E-state index in [0.717, 1.165) is 25.7 Å². The quantitative estimate of drug-likeness (QED) is 0.667. The van der Waals surface area contributed by atoms with E-state index in [4.69, 9.17) is 10.8 Å². The third-order valence-corrected chi connectivity index (χ3v) is 3.91. The molecule has 4 N–H and O–H groups in total. The van der Waals surface area contributed by atoms with Crippen molar-refractivity contribution >= 4 is 11.9 Å². The molecule has 1 aliphatic carbocycles. The molecule has 1 amide bonds. The van der Waals surface area contributed by atoms with E-state index >= 15 is 0 Å². The van der Waals surface area contributed by atoms with E-state index in [-0.39, 0.29) is 18.2 Å². The number of hydrogen-bond acceptors (Lipinski definition) is 3. The van der Waals surface area contributed by atoms with Gasteiger partial charge < -0.3 is 16.2 Å². The number of nitrogens with two attached hydrogens (primary N) is 1. The standard InChI is InChI=1S/C13H24N2O3/c1-3-9(2)11(12(17)18)15-10(16)8-13(14)6-4-5-7-13/h9,11H,3-8,14H2,1-2H3,(H,15,16)(H,17,18)/t9?,11-/m0/s1. The predicted octanol–water partition coefficient (Wildman–Crippen LogP) is 1.26. The minimum Gasteiger partial charge on any atom is -0.480 e. The van der Waals surface area contributed by atoms with Gasteiger partial charge in [-0.3, -0.25) is 4.79 Å². The van der Waals surface area contributed by atoms with Gasteiger partial charge in [-0.25, -0.2) is 4.79 Å². The van der Waals surface area contributed by atoms with Crippen LogP contribution in [-0.4, -0.2) is 28.6 Å². The van der Waals surface area contributed by atoms with Gasteiger partial charge in [0, 0.05) is 12.0 Å². The molecule has 0 spiro atoms. The van der Waals surface area contributed by atoms with Crippen LogP contribution in [0.4, 0.5) is 0 Å². The van der Waals surface area contributed by atoms with Crippen LogP contribution in [0, 0.1) is 5.92 Å². The van der Waals surface area contributed by atoms with Gasteiger partial charge in [-0.1, -0.05) is 33.1 Å². The van der Waals surface area contributed by atoms with Crippen molar-refractivity contribution in [3.8, 4) is 0 Å². The summed E-state index contributed by atoms with van der Waals surface area (Å²) in [4.78, 5) is 23.0. The summed E-state index contributed by atoms with van der Waals surface area (Å²) in [6, 6.07) is -0.812. The zero-order valence-corrected chi connectivity index (χ0v) is 11.2. The molecule has 0 heterocycles. The monoisotopic (exact) mass is 256 g/mol. The molecule has 1 fully saturated rings. The lowest BCUT2D eigenvalue weighted by Crippen LogP contribution is -2.49. The Kier molecular flexibility index (Phi) is 5.14. The Morgan fingerprint density at radius 1 is 1.39 bits per heavy atom. The Bertz CT molecular complexity index is 311. The first kappa shape index (κ1) is 15.0. The van der Waals surface area contributed by atoms with Crippen molar-refractivity contribution in [1.29, 1.82) is 0 Å². The van der Waals surface area contributed by atoms with Crippen molar-refractivity contribution in [2.24, 2.45) is 11.7 Å². The molecule has 1 unspecified atom stereocenters. The molecule has 5 nitrogen and oxygen atoms in total. The Balaban J connectivity index is 2.53. The number of rotatable bonds is 6. The van der Waals surface area contributed by atoms with Gasteiger partial charge in [-0.05, 0) is 18.8 Å². The van der Waals surface area contributed by atoms with Gasteiger partial charge in [0.15, 0.2) is 0 Å². The Hall–Kier alpha value is -1.10.